The van der Waals surface area contributed by atoms with Crippen molar-refractivity contribution < 1.29 is 22.5 Å². The maximum absolute atomic E-state index is 10.5. The normalized spacial score (nSPS) is 17.8. The first-order chi connectivity index (χ1) is 6.04. The number of hydrogen-bond donors (Lipinski definition) is 3. The highest BCUT2D eigenvalue weighted by Crippen LogP contribution is 2.02. The first-order valence-electron chi connectivity index (χ1n) is 4.23. The zero-order valence-electron chi connectivity index (χ0n) is 7.78. The highest BCUT2D eigenvalue weighted by molar-refractivity contribution is 5.82. The summed E-state index contributed by atoms with van der Waals surface area (Å²) in [4.78, 5) is 21.0. The molecule has 0 heterocycles. The lowest BCUT2D eigenvalue weighted by Gasteiger charge is -2.14. The van der Waals surface area contributed by atoms with Crippen molar-refractivity contribution in [3.8, 4) is 0 Å². The van der Waals surface area contributed by atoms with E-state index in [-0.39, 0.29) is 7.02 Å². The van der Waals surface area contributed by atoms with Gasteiger partial charge in [-0.05, 0) is 13.9 Å². The van der Waals surface area contributed by atoms with E-state index in [0.717, 1.165) is 0 Å². The molecule has 0 saturated heterocycles. The van der Waals surface area contributed by atoms with Crippen molar-refractivity contribution in [2.24, 2.45) is 5.92 Å². The zero-order chi connectivity index (χ0) is 10.4. The number of carboxylic acid groups (broad SMARTS) is 2. The second-order valence-electron chi connectivity index (χ2n) is 1.96. The summed E-state index contributed by atoms with van der Waals surface area (Å²) in [6.45, 7) is -0.528. The Morgan fingerprint density at radius 1 is 1.45 bits per heavy atom. The molecule has 5 nitrogen and oxygen atoms in total. The Morgan fingerprint density at radius 3 is 2.36 bits per heavy atom. The maximum Gasteiger partial charge on any atom is 0.321 e. The number of carbonyl (C=O) groups is 2. The summed E-state index contributed by atoms with van der Waals surface area (Å²) in [7, 11) is -0.388. The van der Waals surface area contributed by atoms with E-state index in [1.807, 2.05) is 0 Å². The zero-order valence-corrected chi connectivity index (χ0v) is 5.78. The summed E-state index contributed by atoms with van der Waals surface area (Å²) in [5.74, 6) is -4.02. The number of carboxylic acids is 2. The van der Waals surface area contributed by atoms with Gasteiger partial charge in [-0.3, -0.25) is 9.59 Å². The predicted octanol–water partition coefficient (Wildman–Crippen LogP) is -0.620. The average molecular weight is 163 g/mol. The maximum atomic E-state index is 10.5. The average Bonchev–Trinajstić information content (AvgIpc) is 2.03. The Morgan fingerprint density at radius 2 is 2.09 bits per heavy atom. The Balaban J connectivity index is 4.48. The van der Waals surface area contributed by atoms with Crippen molar-refractivity contribution in [2.75, 3.05) is 7.02 Å². The summed E-state index contributed by atoms with van der Waals surface area (Å²) in [5, 5.41) is 19.3. The molecule has 0 aliphatic heterocycles. The third-order valence-corrected chi connectivity index (χ3v) is 1.21. The van der Waals surface area contributed by atoms with Gasteiger partial charge in [0.2, 0.25) is 0 Å². The molecule has 0 amide bonds. The van der Waals surface area contributed by atoms with Gasteiger partial charge in [0.05, 0.1) is 5.92 Å². The molecule has 0 aliphatic carbocycles. The number of aliphatic carboxylic acids is 2. The minimum Gasteiger partial charge on any atom is -0.481 e. The van der Waals surface area contributed by atoms with Gasteiger partial charge in [-0.15, -0.1) is 0 Å². The molecule has 0 aromatic heterocycles. The number of nitrogens with one attached hydrogen (secondary N) is 1. The van der Waals surface area contributed by atoms with E-state index in [1.165, 1.54) is 0 Å². The largest absolute Gasteiger partial charge is 0.481 e. The second-order valence-corrected chi connectivity index (χ2v) is 1.96. The van der Waals surface area contributed by atoms with Crippen LogP contribution in [0.3, 0.4) is 0 Å². The highest BCUT2D eigenvalue weighted by Gasteiger charge is 2.27. The molecule has 0 bridgehead atoms. The van der Waals surface area contributed by atoms with Crippen LogP contribution in [0, 0.1) is 5.92 Å². The van der Waals surface area contributed by atoms with Gasteiger partial charge in [0.15, 0.2) is 0 Å². The van der Waals surface area contributed by atoms with Crippen LogP contribution in [0.1, 0.15) is 9.64 Å². The van der Waals surface area contributed by atoms with Crippen LogP contribution in [0.5, 0.6) is 0 Å². The van der Waals surface area contributed by atoms with E-state index >= 15 is 0 Å². The molecule has 3 N–H and O–H groups in total. The Labute approximate surface area is 66.8 Å². The van der Waals surface area contributed by atoms with Crippen LogP contribution in [-0.2, 0) is 9.59 Å². The molecule has 0 spiro atoms. The topological polar surface area (TPSA) is 86.6 Å². The van der Waals surface area contributed by atoms with Crippen molar-refractivity contribution in [3.05, 3.63) is 0 Å². The molecule has 0 rings (SSSR count). The van der Waals surface area contributed by atoms with Gasteiger partial charge in [0.25, 0.3) is 0 Å². The van der Waals surface area contributed by atoms with Crippen LogP contribution in [0.2, 0.25) is 0 Å². The van der Waals surface area contributed by atoms with E-state index in [1.54, 1.807) is 0 Å². The minimum atomic E-state index is -1.37. The predicted molar refractivity (Wildman–Crippen MR) is 37.3 cm³/mol. The third-order valence-electron chi connectivity index (χ3n) is 1.21. The van der Waals surface area contributed by atoms with Crippen molar-refractivity contribution in [3.63, 3.8) is 0 Å². The fourth-order valence-corrected chi connectivity index (χ4v) is 0.544. The van der Waals surface area contributed by atoms with E-state index < -0.39 is 30.8 Å². The molecular weight excluding hydrogens is 150 g/mol. The summed E-state index contributed by atoms with van der Waals surface area (Å²) in [6.07, 6.45) is 0. The molecule has 1 unspecified atom stereocenters. The van der Waals surface area contributed by atoms with Gasteiger partial charge < -0.3 is 15.5 Å². The van der Waals surface area contributed by atoms with Crippen LogP contribution in [0.4, 0.5) is 0 Å². The molecule has 0 saturated carbocycles. The molecule has 2 atom stereocenters. The standard InChI is InChI=1S/C6H11NO4/c1-3(5(8)9)4(7-2)6(10)11/h3-4,7H,1-2H3,(H,8,9)(H,10,11)/t3?,4-/m0/s1/i1D,2D. The Hall–Kier alpha value is -1.10. The lowest BCUT2D eigenvalue weighted by Crippen LogP contribution is -2.42. The summed E-state index contributed by atoms with van der Waals surface area (Å²) >= 11 is 0. The van der Waals surface area contributed by atoms with Crippen LogP contribution in [-0.4, -0.2) is 35.2 Å². The third kappa shape index (κ3) is 2.55. The summed E-state index contributed by atoms with van der Waals surface area (Å²) in [6, 6.07) is -1.37. The van der Waals surface area contributed by atoms with Gasteiger partial charge in [-0.1, -0.05) is 0 Å². The highest BCUT2D eigenvalue weighted by atomic mass is 16.4. The molecule has 0 aromatic carbocycles. The van der Waals surface area contributed by atoms with Gasteiger partial charge in [-0.25, -0.2) is 0 Å². The molecule has 0 radical (unpaired) electrons. The number of hydrogen-bond acceptors (Lipinski definition) is 3. The van der Waals surface area contributed by atoms with Crippen LogP contribution in [0.25, 0.3) is 0 Å². The minimum absolute atomic E-state index is 0.388. The van der Waals surface area contributed by atoms with Gasteiger partial charge in [0.1, 0.15) is 6.04 Å². The molecule has 11 heavy (non-hydrogen) atoms. The smallest absolute Gasteiger partial charge is 0.321 e. The van der Waals surface area contributed by atoms with Crippen molar-refractivity contribution in [1.82, 2.24) is 5.32 Å². The first kappa shape index (κ1) is 6.60. The fraction of sp³-hybridized carbons (Fsp3) is 0.667. The van der Waals surface area contributed by atoms with Crippen molar-refractivity contribution >= 4 is 11.9 Å². The van der Waals surface area contributed by atoms with Gasteiger partial charge in [-0.2, -0.15) is 0 Å². The fourth-order valence-electron chi connectivity index (χ4n) is 0.544. The van der Waals surface area contributed by atoms with Crippen LogP contribution >= 0.6 is 0 Å². The lowest BCUT2D eigenvalue weighted by atomic mass is 10.0. The summed E-state index contributed by atoms with van der Waals surface area (Å²) in [5.41, 5.74) is 0. The van der Waals surface area contributed by atoms with Crippen LogP contribution in [0.15, 0.2) is 0 Å². The molecular formula is C6H11NO4. The molecule has 64 valence electrons. The van der Waals surface area contributed by atoms with E-state index in [0.29, 0.717) is 0 Å². The molecule has 0 fully saturated rings. The molecule has 0 aliphatic rings. The number of rotatable bonds is 4. The Bertz CT molecular complexity index is 199. The quantitative estimate of drug-likeness (QED) is 0.514. The van der Waals surface area contributed by atoms with E-state index in [2.05, 4.69) is 5.32 Å². The van der Waals surface area contributed by atoms with Crippen molar-refractivity contribution in [1.29, 1.82) is 0 Å². The van der Waals surface area contributed by atoms with Gasteiger partial charge >= 0.3 is 11.9 Å². The molecule has 0 aromatic rings. The second kappa shape index (κ2) is 3.92. The summed E-state index contributed by atoms with van der Waals surface area (Å²) < 4.78 is 13.6. The number of likely N-dealkylation sites (N-methyl/N-ethyl adjacent to an activating group) is 1. The van der Waals surface area contributed by atoms with Crippen molar-refractivity contribution in [2.45, 2.75) is 12.9 Å². The lowest BCUT2D eigenvalue weighted by molar-refractivity contribution is -0.150. The van der Waals surface area contributed by atoms with E-state index in [4.69, 9.17) is 13.0 Å². The van der Waals surface area contributed by atoms with Gasteiger partial charge in [0, 0.05) is 2.74 Å². The SMILES string of the molecule is [2H]CN[C@H](C(=O)O)C(C[2H])C(=O)O. The monoisotopic (exact) mass is 163 g/mol. The Kier molecular flexibility index (Phi) is 2.35. The molecule has 5 heteroatoms. The van der Waals surface area contributed by atoms with E-state index in [9.17, 15) is 9.59 Å². The van der Waals surface area contributed by atoms with Crippen LogP contribution < -0.4 is 5.32 Å². The first-order valence-corrected chi connectivity index (χ1v) is 2.82.